The molecular weight excluding hydrogens is 181 g/mol. The lowest BCUT2D eigenvalue weighted by Gasteiger charge is -2.05. The van der Waals surface area contributed by atoms with Gasteiger partial charge >= 0.3 is 6.18 Å². The average Bonchev–Trinajstić information content (AvgIpc) is 2.01. The molecule has 1 rings (SSSR count). The Labute approximate surface area is 72.6 Å². The third-order valence-corrected chi connectivity index (χ3v) is 1.37. The van der Waals surface area contributed by atoms with Crippen molar-refractivity contribution in [2.24, 2.45) is 0 Å². The highest BCUT2D eigenvalue weighted by Crippen LogP contribution is 2.28. The summed E-state index contributed by atoms with van der Waals surface area (Å²) in [4.78, 5) is 3.14. The minimum atomic E-state index is -4.49. The van der Waals surface area contributed by atoms with Crippen LogP contribution in [0.3, 0.4) is 0 Å². The molecule has 0 aromatic carbocycles. The fourth-order valence-corrected chi connectivity index (χ4v) is 0.870. The van der Waals surface area contributed by atoms with Gasteiger partial charge in [0.1, 0.15) is 17.5 Å². The van der Waals surface area contributed by atoms with Crippen LogP contribution in [0.15, 0.2) is 12.1 Å². The summed E-state index contributed by atoms with van der Waals surface area (Å²) in [6.45, 7) is 1.48. The van der Waals surface area contributed by atoms with E-state index in [1.165, 1.54) is 13.0 Å². The Bertz CT molecular complexity index is 363. The Morgan fingerprint density at radius 1 is 1.38 bits per heavy atom. The number of nitriles is 1. The largest absolute Gasteiger partial charge is 0.433 e. The Morgan fingerprint density at radius 3 is 2.46 bits per heavy atom. The summed E-state index contributed by atoms with van der Waals surface area (Å²) < 4.78 is 36.3. The third-order valence-electron chi connectivity index (χ3n) is 1.37. The van der Waals surface area contributed by atoms with Gasteiger partial charge in [-0.1, -0.05) is 0 Å². The van der Waals surface area contributed by atoms with Gasteiger partial charge in [0.2, 0.25) is 0 Å². The smallest absolute Gasteiger partial charge is 0.233 e. The van der Waals surface area contributed by atoms with Crippen LogP contribution in [0.2, 0.25) is 0 Å². The minimum absolute atomic E-state index is 0.215. The number of aromatic nitrogens is 1. The van der Waals surface area contributed by atoms with Crippen molar-refractivity contribution >= 4 is 0 Å². The average molecular weight is 186 g/mol. The quantitative estimate of drug-likeness (QED) is 0.623. The standard InChI is InChI=1S/C8H5F3N2/c1-5-2-6(4-12)13-7(3-5)8(9,10)11/h2-3H,1H3. The molecule has 0 amide bonds. The van der Waals surface area contributed by atoms with Crippen molar-refractivity contribution in [3.8, 4) is 6.07 Å². The first kappa shape index (κ1) is 9.52. The van der Waals surface area contributed by atoms with Gasteiger partial charge in [0.05, 0.1) is 0 Å². The molecule has 13 heavy (non-hydrogen) atoms. The molecule has 0 saturated carbocycles. The molecule has 0 radical (unpaired) electrons. The molecule has 0 saturated heterocycles. The SMILES string of the molecule is Cc1cc(C#N)nc(C(F)(F)F)c1. The predicted molar refractivity (Wildman–Crippen MR) is 38.7 cm³/mol. The van der Waals surface area contributed by atoms with E-state index in [0.717, 1.165) is 6.07 Å². The van der Waals surface area contributed by atoms with Crippen molar-refractivity contribution < 1.29 is 13.2 Å². The molecule has 0 N–H and O–H groups in total. The van der Waals surface area contributed by atoms with Crippen molar-refractivity contribution in [3.05, 3.63) is 29.1 Å². The van der Waals surface area contributed by atoms with Crippen LogP contribution in [0.25, 0.3) is 0 Å². The van der Waals surface area contributed by atoms with Crippen LogP contribution in [-0.4, -0.2) is 4.98 Å². The molecule has 68 valence electrons. The Morgan fingerprint density at radius 2 is 2.00 bits per heavy atom. The summed E-state index contributed by atoms with van der Waals surface area (Å²) in [6, 6.07) is 3.77. The van der Waals surface area contributed by atoms with Gasteiger partial charge < -0.3 is 0 Å². The van der Waals surface area contributed by atoms with Crippen LogP contribution in [0.5, 0.6) is 0 Å². The zero-order valence-electron chi connectivity index (χ0n) is 6.68. The molecule has 1 aromatic rings. The van der Waals surface area contributed by atoms with E-state index in [0.29, 0.717) is 5.56 Å². The summed E-state index contributed by atoms with van der Waals surface area (Å²) in [5.41, 5.74) is -0.866. The number of hydrogen-bond donors (Lipinski definition) is 0. The van der Waals surface area contributed by atoms with Crippen LogP contribution >= 0.6 is 0 Å². The van der Waals surface area contributed by atoms with E-state index in [2.05, 4.69) is 4.98 Å². The van der Waals surface area contributed by atoms with Gasteiger partial charge in [0, 0.05) is 0 Å². The number of alkyl halides is 3. The van der Waals surface area contributed by atoms with Crippen molar-refractivity contribution in [1.29, 1.82) is 5.26 Å². The van der Waals surface area contributed by atoms with Gasteiger partial charge in [-0.05, 0) is 24.6 Å². The second-order valence-corrected chi connectivity index (χ2v) is 2.52. The van der Waals surface area contributed by atoms with E-state index in [9.17, 15) is 13.2 Å². The maximum atomic E-state index is 12.1. The van der Waals surface area contributed by atoms with E-state index in [1.807, 2.05) is 0 Å². The molecule has 0 aliphatic carbocycles. The van der Waals surface area contributed by atoms with Gasteiger partial charge in [-0.2, -0.15) is 18.4 Å². The number of halogens is 3. The van der Waals surface area contributed by atoms with Crippen molar-refractivity contribution in [2.45, 2.75) is 13.1 Å². The van der Waals surface area contributed by atoms with Crippen molar-refractivity contribution in [2.75, 3.05) is 0 Å². The summed E-state index contributed by atoms with van der Waals surface area (Å²) in [7, 11) is 0. The number of nitrogens with zero attached hydrogens (tertiary/aromatic N) is 2. The Balaban J connectivity index is 3.26. The second-order valence-electron chi connectivity index (χ2n) is 2.52. The highest BCUT2D eigenvalue weighted by atomic mass is 19.4. The molecule has 0 bridgehead atoms. The molecule has 1 heterocycles. The topological polar surface area (TPSA) is 36.7 Å². The summed E-state index contributed by atoms with van der Waals surface area (Å²) >= 11 is 0. The highest BCUT2D eigenvalue weighted by Gasteiger charge is 2.32. The maximum Gasteiger partial charge on any atom is 0.433 e. The monoisotopic (exact) mass is 186 g/mol. The third kappa shape index (κ3) is 2.18. The van der Waals surface area contributed by atoms with E-state index in [1.54, 1.807) is 6.07 Å². The van der Waals surface area contributed by atoms with E-state index in [4.69, 9.17) is 5.26 Å². The first-order valence-electron chi connectivity index (χ1n) is 3.39. The number of aryl methyl sites for hydroxylation is 1. The predicted octanol–water partition coefficient (Wildman–Crippen LogP) is 2.28. The zero-order valence-corrected chi connectivity index (χ0v) is 6.68. The van der Waals surface area contributed by atoms with Crippen LogP contribution in [0.4, 0.5) is 13.2 Å². The highest BCUT2D eigenvalue weighted by molar-refractivity contribution is 5.28. The van der Waals surface area contributed by atoms with Gasteiger partial charge in [0.25, 0.3) is 0 Å². The fourth-order valence-electron chi connectivity index (χ4n) is 0.870. The fraction of sp³-hybridized carbons (Fsp3) is 0.250. The molecule has 0 fully saturated rings. The number of rotatable bonds is 0. The van der Waals surface area contributed by atoms with E-state index in [-0.39, 0.29) is 5.69 Å². The van der Waals surface area contributed by atoms with Gasteiger partial charge in [-0.25, -0.2) is 4.98 Å². The van der Waals surface area contributed by atoms with Crippen LogP contribution in [0, 0.1) is 18.3 Å². The first-order valence-corrected chi connectivity index (χ1v) is 3.39. The minimum Gasteiger partial charge on any atom is -0.233 e. The molecule has 5 heteroatoms. The van der Waals surface area contributed by atoms with Gasteiger partial charge in [0.15, 0.2) is 0 Å². The normalized spacial score (nSPS) is 11.0. The lowest BCUT2D eigenvalue weighted by Crippen LogP contribution is -2.09. The molecule has 1 aromatic heterocycles. The zero-order chi connectivity index (χ0) is 10.1. The summed E-state index contributed by atoms with van der Waals surface area (Å²) in [5.74, 6) is 0. The molecule has 0 aliphatic heterocycles. The van der Waals surface area contributed by atoms with Crippen molar-refractivity contribution in [3.63, 3.8) is 0 Å². The molecular formula is C8H5F3N2. The summed E-state index contributed by atoms with van der Waals surface area (Å²) in [5, 5.41) is 8.37. The molecule has 0 atom stereocenters. The van der Waals surface area contributed by atoms with Crippen LogP contribution in [-0.2, 0) is 6.18 Å². The maximum absolute atomic E-state index is 12.1. The van der Waals surface area contributed by atoms with Gasteiger partial charge in [-0.15, -0.1) is 0 Å². The lowest BCUT2D eigenvalue weighted by atomic mass is 10.2. The van der Waals surface area contributed by atoms with Crippen LogP contribution in [0.1, 0.15) is 17.0 Å². The Kier molecular flexibility index (Phi) is 2.24. The van der Waals surface area contributed by atoms with Crippen molar-refractivity contribution in [1.82, 2.24) is 4.98 Å². The molecule has 2 nitrogen and oxygen atoms in total. The van der Waals surface area contributed by atoms with Crippen LogP contribution < -0.4 is 0 Å². The number of pyridine rings is 1. The number of hydrogen-bond acceptors (Lipinski definition) is 2. The lowest BCUT2D eigenvalue weighted by molar-refractivity contribution is -0.141. The second kappa shape index (κ2) is 3.05. The van der Waals surface area contributed by atoms with E-state index < -0.39 is 11.9 Å². The molecule has 0 unspecified atom stereocenters. The summed E-state index contributed by atoms with van der Waals surface area (Å²) in [6.07, 6.45) is -4.49. The van der Waals surface area contributed by atoms with Gasteiger partial charge in [-0.3, -0.25) is 0 Å². The first-order chi connectivity index (χ1) is 5.93. The molecule has 0 aliphatic rings. The Hall–Kier alpha value is -1.57. The molecule has 0 spiro atoms. The van der Waals surface area contributed by atoms with E-state index >= 15 is 0 Å².